The van der Waals surface area contributed by atoms with Gasteiger partial charge in [0.15, 0.2) is 0 Å². The number of aryl methyl sites for hydroxylation is 1. The minimum absolute atomic E-state index is 0.874. The Hall–Kier alpha value is -0.380. The molecule has 0 aliphatic carbocycles. The van der Waals surface area contributed by atoms with E-state index in [0.717, 1.165) is 12.5 Å². The Morgan fingerprint density at radius 1 is 1.30 bits per heavy atom. The lowest BCUT2D eigenvalue weighted by atomic mass is 9.97. The monoisotopic (exact) mass is 338 g/mol. The number of nitrogens with one attached hydrogen (secondary N) is 1. The van der Waals surface area contributed by atoms with E-state index in [0.29, 0.717) is 0 Å². The van der Waals surface area contributed by atoms with Gasteiger partial charge in [-0.05, 0) is 68.9 Å². The van der Waals surface area contributed by atoms with Gasteiger partial charge in [0.2, 0.25) is 0 Å². The number of benzene rings is 1. The Labute approximate surface area is 132 Å². The maximum absolute atomic E-state index is 3.59. The van der Waals surface area contributed by atoms with E-state index in [1.54, 1.807) is 0 Å². The van der Waals surface area contributed by atoms with E-state index in [9.17, 15) is 0 Å². The SMILES string of the molecule is CCCN(Cc1ccc(Br)c(C)c1)CC1CCNCC1. The summed E-state index contributed by atoms with van der Waals surface area (Å²) < 4.78 is 1.21. The molecule has 3 heteroatoms. The first kappa shape index (κ1) is 16.0. The van der Waals surface area contributed by atoms with E-state index >= 15 is 0 Å². The molecular formula is C17H27BrN2. The molecule has 0 radical (unpaired) electrons. The summed E-state index contributed by atoms with van der Waals surface area (Å²) in [6, 6.07) is 6.75. The lowest BCUT2D eigenvalue weighted by Crippen LogP contribution is -2.36. The highest BCUT2D eigenvalue weighted by Crippen LogP contribution is 2.20. The first-order valence-corrected chi connectivity index (χ1v) is 8.66. The lowest BCUT2D eigenvalue weighted by molar-refractivity contribution is 0.199. The van der Waals surface area contributed by atoms with Crippen molar-refractivity contribution >= 4 is 15.9 Å². The molecule has 20 heavy (non-hydrogen) atoms. The standard InChI is InChI=1S/C17H27BrN2/c1-3-10-20(12-15-6-8-19-9-7-15)13-16-4-5-17(18)14(2)11-16/h4-5,11,15,19H,3,6-10,12-13H2,1-2H3. The average molecular weight is 339 g/mol. The molecule has 0 bridgehead atoms. The first-order valence-electron chi connectivity index (χ1n) is 7.87. The van der Waals surface area contributed by atoms with E-state index in [1.165, 1.54) is 61.0 Å². The van der Waals surface area contributed by atoms with Crippen molar-refractivity contribution in [3.63, 3.8) is 0 Å². The molecule has 1 aromatic carbocycles. The average Bonchev–Trinajstić information content (AvgIpc) is 2.44. The topological polar surface area (TPSA) is 15.3 Å². The van der Waals surface area contributed by atoms with Gasteiger partial charge in [0.1, 0.15) is 0 Å². The maximum atomic E-state index is 3.59. The van der Waals surface area contributed by atoms with Crippen LogP contribution in [-0.2, 0) is 6.54 Å². The van der Waals surface area contributed by atoms with Crippen molar-refractivity contribution in [1.29, 1.82) is 0 Å². The van der Waals surface area contributed by atoms with Crippen LogP contribution in [0.3, 0.4) is 0 Å². The van der Waals surface area contributed by atoms with Crippen molar-refractivity contribution in [2.24, 2.45) is 5.92 Å². The highest BCUT2D eigenvalue weighted by Gasteiger charge is 2.16. The second-order valence-corrected chi connectivity index (χ2v) is 6.87. The predicted molar refractivity (Wildman–Crippen MR) is 90.0 cm³/mol. The summed E-state index contributed by atoms with van der Waals surface area (Å²) in [7, 11) is 0. The number of halogens is 1. The fourth-order valence-electron chi connectivity index (χ4n) is 3.04. The number of nitrogens with zero attached hydrogens (tertiary/aromatic N) is 1. The zero-order chi connectivity index (χ0) is 14.4. The van der Waals surface area contributed by atoms with Crippen LogP contribution in [0.5, 0.6) is 0 Å². The van der Waals surface area contributed by atoms with Gasteiger partial charge in [0, 0.05) is 17.6 Å². The molecule has 1 heterocycles. The molecule has 1 saturated heterocycles. The van der Waals surface area contributed by atoms with Crippen LogP contribution in [0.25, 0.3) is 0 Å². The Bertz CT molecular complexity index is 413. The molecule has 0 aromatic heterocycles. The van der Waals surface area contributed by atoms with Gasteiger partial charge in [0.05, 0.1) is 0 Å². The molecular weight excluding hydrogens is 312 g/mol. The first-order chi connectivity index (χ1) is 9.69. The molecule has 1 aliphatic rings. The molecule has 112 valence electrons. The van der Waals surface area contributed by atoms with Gasteiger partial charge in [-0.25, -0.2) is 0 Å². The van der Waals surface area contributed by atoms with Crippen molar-refractivity contribution in [3.8, 4) is 0 Å². The third kappa shape index (κ3) is 4.87. The Morgan fingerprint density at radius 2 is 2.05 bits per heavy atom. The van der Waals surface area contributed by atoms with E-state index < -0.39 is 0 Å². The Kier molecular flexibility index (Phi) is 6.53. The van der Waals surface area contributed by atoms with Crippen LogP contribution in [-0.4, -0.2) is 31.1 Å². The van der Waals surface area contributed by atoms with Crippen LogP contribution in [0.2, 0.25) is 0 Å². The fraction of sp³-hybridized carbons (Fsp3) is 0.647. The molecule has 1 aliphatic heterocycles. The van der Waals surface area contributed by atoms with E-state index in [2.05, 4.69) is 58.2 Å². The molecule has 1 N–H and O–H groups in total. The van der Waals surface area contributed by atoms with Gasteiger partial charge < -0.3 is 5.32 Å². The maximum Gasteiger partial charge on any atom is 0.0233 e. The predicted octanol–water partition coefficient (Wildman–Crippen LogP) is 3.97. The van der Waals surface area contributed by atoms with Gasteiger partial charge in [0.25, 0.3) is 0 Å². The van der Waals surface area contributed by atoms with Gasteiger partial charge in [-0.1, -0.05) is 35.0 Å². The van der Waals surface area contributed by atoms with Crippen LogP contribution in [0, 0.1) is 12.8 Å². The summed E-state index contributed by atoms with van der Waals surface area (Å²) in [6.45, 7) is 10.4. The summed E-state index contributed by atoms with van der Waals surface area (Å²) in [5.74, 6) is 0.874. The van der Waals surface area contributed by atoms with E-state index in [1.807, 2.05) is 0 Å². The summed E-state index contributed by atoms with van der Waals surface area (Å²) in [4.78, 5) is 2.64. The molecule has 0 amide bonds. The molecule has 0 unspecified atom stereocenters. The molecule has 2 nitrogen and oxygen atoms in total. The minimum Gasteiger partial charge on any atom is -0.317 e. The van der Waals surface area contributed by atoms with Crippen molar-refractivity contribution in [1.82, 2.24) is 10.2 Å². The Balaban J connectivity index is 1.94. The van der Waals surface area contributed by atoms with Gasteiger partial charge >= 0.3 is 0 Å². The smallest absolute Gasteiger partial charge is 0.0233 e. The van der Waals surface area contributed by atoms with Crippen molar-refractivity contribution in [3.05, 3.63) is 33.8 Å². The normalized spacial score (nSPS) is 16.8. The van der Waals surface area contributed by atoms with E-state index in [4.69, 9.17) is 0 Å². The highest BCUT2D eigenvalue weighted by atomic mass is 79.9. The molecule has 2 rings (SSSR count). The molecule has 0 saturated carbocycles. The molecule has 0 atom stereocenters. The van der Waals surface area contributed by atoms with E-state index in [-0.39, 0.29) is 0 Å². The third-order valence-electron chi connectivity index (χ3n) is 4.14. The molecule has 1 fully saturated rings. The van der Waals surface area contributed by atoms with Crippen LogP contribution < -0.4 is 5.32 Å². The number of hydrogen-bond acceptors (Lipinski definition) is 2. The van der Waals surface area contributed by atoms with Crippen molar-refractivity contribution in [2.45, 2.75) is 39.7 Å². The van der Waals surface area contributed by atoms with Crippen LogP contribution in [0.1, 0.15) is 37.3 Å². The summed E-state index contributed by atoms with van der Waals surface area (Å²) >= 11 is 3.59. The number of hydrogen-bond donors (Lipinski definition) is 1. The largest absolute Gasteiger partial charge is 0.317 e. The zero-order valence-corrected chi connectivity index (χ0v) is 14.4. The minimum atomic E-state index is 0.874. The number of rotatable bonds is 6. The third-order valence-corrected chi connectivity index (χ3v) is 5.03. The molecule has 0 spiro atoms. The lowest BCUT2D eigenvalue weighted by Gasteiger charge is -2.30. The van der Waals surface area contributed by atoms with Crippen molar-refractivity contribution in [2.75, 3.05) is 26.2 Å². The number of piperidine rings is 1. The summed E-state index contributed by atoms with van der Waals surface area (Å²) in [6.07, 6.45) is 3.90. The second kappa shape index (κ2) is 8.16. The summed E-state index contributed by atoms with van der Waals surface area (Å²) in [5, 5.41) is 3.46. The zero-order valence-electron chi connectivity index (χ0n) is 12.8. The van der Waals surface area contributed by atoms with Crippen LogP contribution in [0.4, 0.5) is 0 Å². The van der Waals surface area contributed by atoms with Crippen LogP contribution >= 0.6 is 15.9 Å². The van der Waals surface area contributed by atoms with Crippen molar-refractivity contribution < 1.29 is 0 Å². The highest BCUT2D eigenvalue weighted by molar-refractivity contribution is 9.10. The van der Waals surface area contributed by atoms with Gasteiger partial charge in [-0.2, -0.15) is 0 Å². The van der Waals surface area contributed by atoms with Crippen LogP contribution in [0.15, 0.2) is 22.7 Å². The van der Waals surface area contributed by atoms with Gasteiger partial charge in [-0.15, -0.1) is 0 Å². The fourth-order valence-corrected chi connectivity index (χ4v) is 3.29. The van der Waals surface area contributed by atoms with Gasteiger partial charge in [-0.3, -0.25) is 4.90 Å². The molecule has 1 aromatic rings. The Morgan fingerprint density at radius 3 is 2.70 bits per heavy atom. The quantitative estimate of drug-likeness (QED) is 0.844. The second-order valence-electron chi connectivity index (χ2n) is 6.01. The summed E-state index contributed by atoms with van der Waals surface area (Å²) in [5.41, 5.74) is 2.77.